The lowest BCUT2D eigenvalue weighted by molar-refractivity contribution is 0.192. The first-order chi connectivity index (χ1) is 9.13. The van der Waals surface area contributed by atoms with Crippen molar-refractivity contribution in [2.75, 3.05) is 36.5 Å². The molecule has 6 heteroatoms. The molecule has 2 heterocycles. The minimum Gasteiger partial charge on any atom is -0.354 e. The highest BCUT2D eigenvalue weighted by Crippen LogP contribution is 2.17. The predicted molar refractivity (Wildman–Crippen MR) is 78.1 cm³/mol. The molecule has 1 saturated heterocycles. The number of nitrogens with one attached hydrogen (secondary N) is 1. The molecule has 1 aliphatic rings. The summed E-state index contributed by atoms with van der Waals surface area (Å²) in [5.74, 6) is 6.84. The van der Waals surface area contributed by atoms with Crippen LogP contribution in [0.3, 0.4) is 0 Å². The second kappa shape index (κ2) is 6.16. The van der Waals surface area contributed by atoms with E-state index < -0.39 is 0 Å². The average Bonchev–Trinajstić information content (AvgIpc) is 2.46. The monoisotopic (exact) mass is 264 g/mol. The van der Waals surface area contributed by atoms with Crippen molar-refractivity contribution in [2.24, 2.45) is 5.84 Å². The summed E-state index contributed by atoms with van der Waals surface area (Å²) in [6.45, 7) is 10.7. The van der Waals surface area contributed by atoms with Crippen LogP contribution in [0.4, 0.5) is 11.8 Å². The van der Waals surface area contributed by atoms with Gasteiger partial charge >= 0.3 is 0 Å². The first kappa shape index (κ1) is 14.0. The van der Waals surface area contributed by atoms with Crippen molar-refractivity contribution >= 4 is 11.8 Å². The van der Waals surface area contributed by atoms with E-state index in [4.69, 9.17) is 5.84 Å². The fourth-order valence-corrected chi connectivity index (χ4v) is 2.43. The number of aromatic nitrogens is 2. The van der Waals surface area contributed by atoms with Crippen molar-refractivity contribution in [1.29, 1.82) is 0 Å². The van der Waals surface area contributed by atoms with Crippen LogP contribution in [0.15, 0.2) is 6.07 Å². The van der Waals surface area contributed by atoms with Crippen molar-refractivity contribution in [1.82, 2.24) is 14.9 Å². The summed E-state index contributed by atoms with van der Waals surface area (Å²) in [6.07, 6.45) is 1.20. The molecule has 0 aliphatic carbocycles. The van der Waals surface area contributed by atoms with Crippen LogP contribution in [0.2, 0.25) is 0 Å². The fraction of sp³-hybridized carbons (Fsp3) is 0.692. The maximum atomic E-state index is 5.40. The molecule has 1 aliphatic heterocycles. The lowest BCUT2D eigenvalue weighted by atomic mass is 10.2. The Hall–Kier alpha value is -1.40. The molecule has 0 aromatic carbocycles. The maximum Gasteiger partial charge on any atom is 0.239 e. The lowest BCUT2D eigenvalue weighted by Gasteiger charge is -2.38. The van der Waals surface area contributed by atoms with E-state index in [9.17, 15) is 0 Å². The van der Waals surface area contributed by atoms with Crippen LogP contribution >= 0.6 is 0 Å². The number of nitrogens with zero attached hydrogens (tertiary/aromatic N) is 4. The molecule has 3 N–H and O–H groups in total. The zero-order chi connectivity index (χ0) is 13.8. The number of nitrogen functional groups attached to an aromatic ring is 1. The zero-order valence-electron chi connectivity index (χ0n) is 12.1. The topological polar surface area (TPSA) is 70.3 Å². The maximum absolute atomic E-state index is 5.40. The van der Waals surface area contributed by atoms with Gasteiger partial charge < -0.3 is 4.90 Å². The Morgan fingerprint density at radius 2 is 2.00 bits per heavy atom. The first-order valence-corrected chi connectivity index (χ1v) is 6.95. The highest BCUT2D eigenvalue weighted by molar-refractivity contribution is 5.44. The molecule has 1 aromatic heterocycles. The van der Waals surface area contributed by atoms with Gasteiger partial charge in [-0.2, -0.15) is 4.98 Å². The molecule has 1 fully saturated rings. The Morgan fingerprint density at radius 3 is 2.58 bits per heavy atom. The summed E-state index contributed by atoms with van der Waals surface area (Å²) in [6, 6.07) is 2.68. The number of hydrogen-bond donors (Lipinski definition) is 2. The Bertz CT molecular complexity index is 414. The van der Waals surface area contributed by atoms with Gasteiger partial charge in [0.1, 0.15) is 5.82 Å². The van der Waals surface area contributed by atoms with Gasteiger partial charge in [0.2, 0.25) is 5.95 Å². The summed E-state index contributed by atoms with van der Waals surface area (Å²) in [5, 5.41) is 0. The van der Waals surface area contributed by atoms with Crippen LogP contribution in [0.1, 0.15) is 26.0 Å². The Morgan fingerprint density at radius 1 is 1.32 bits per heavy atom. The van der Waals surface area contributed by atoms with E-state index in [-0.39, 0.29) is 0 Å². The number of nitrogens with two attached hydrogens (primary N) is 1. The van der Waals surface area contributed by atoms with Gasteiger partial charge in [-0.05, 0) is 20.3 Å². The van der Waals surface area contributed by atoms with Crippen LogP contribution < -0.4 is 16.2 Å². The largest absolute Gasteiger partial charge is 0.354 e. The Balaban J connectivity index is 2.03. The third-order valence-corrected chi connectivity index (χ3v) is 3.82. The molecule has 0 spiro atoms. The Labute approximate surface area is 115 Å². The van der Waals surface area contributed by atoms with Crippen molar-refractivity contribution in [3.05, 3.63) is 11.8 Å². The van der Waals surface area contributed by atoms with E-state index >= 15 is 0 Å². The van der Waals surface area contributed by atoms with Crippen LogP contribution in [-0.2, 0) is 0 Å². The quantitative estimate of drug-likeness (QED) is 0.624. The van der Waals surface area contributed by atoms with Gasteiger partial charge in [-0.1, -0.05) is 6.92 Å². The molecule has 1 unspecified atom stereocenters. The number of anilines is 2. The van der Waals surface area contributed by atoms with Gasteiger partial charge in [0, 0.05) is 44.0 Å². The van der Waals surface area contributed by atoms with E-state index in [1.165, 1.54) is 6.42 Å². The number of piperazine rings is 1. The highest BCUT2D eigenvalue weighted by atomic mass is 15.3. The van der Waals surface area contributed by atoms with Crippen molar-refractivity contribution < 1.29 is 0 Å². The lowest BCUT2D eigenvalue weighted by Crippen LogP contribution is -2.49. The third kappa shape index (κ3) is 3.33. The number of hydrazine groups is 1. The standard InChI is InChI=1S/C13H24N6/c1-4-11(3)18-5-7-19(8-6-18)12-9-10(2)15-13(16-12)17-14/h9,11H,4-8,14H2,1-3H3,(H,15,16,17). The molecule has 2 rings (SSSR count). The predicted octanol–water partition coefficient (Wildman–Crippen LogP) is 0.991. The second-order valence-corrected chi connectivity index (χ2v) is 5.12. The van der Waals surface area contributed by atoms with Gasteiger partial charge in [-0.15, -0.1) is 0 Å². The number of rotatable bonds is 4. The minimum absolute atomic E-state index is 0.486. The van der Waals surface area contributed by atoms with Crippen molar-refractivity contribution in [3.8, 4) is 0 Å². The molecule has 6 nitrogen and oxygen atoms in total. The normalized spacial score (nSPS) is 18.4. The van der Waals surface area contributed by atoms with Crippen LogP contribution in [0.25, 0.3) is 0 Å². The van der Waals surface area contributed by atoms with E-state index in [1.54, 1.807) is 0 Å². The van der Waals surface area contributed by atoms with Gasteiger partial charge in [0.15, 0.2) is 0 Å². The fourth-order valence-electron chi connectivity index (χ4n) is 2.43. The van der Waals surface area contributed by atoms with Crippen LogP contribution in [0, 0.1) is 6.92 Å². The molecule has 106 valence electrons. The molecular weight excluding hydrogens is 240 g/mol. The smallest absolute Gasteiger partial charge is 0.239 e. The van der Waals surface area contributed by atoms with Crippen LogP contribution in [-0.4, -0.2) is 47.1 Å². The average molecular weight is 264 g/mol. The molecular formula is C13H24N6. The summed E-state index contributed by atoms with van der Waals surface area (Å²) in [4.78, 5) is 13.5. The second-order valence-electron chi connectivity index (χ2n) is 5.12. The van der Waals surface area contributed by atoms with E-state index in [0.717, 1.165) is 37.7 Å². The molecule has 1 aromatic rings. The summed E-state index contributed by atoms with van der Waals surface area (Å²) < 4.78 is 0. The molecule has 0 radical (unpaired) electrons. The molecule has 0 saturated carbocycles. The van der Waals surface area contributed by atoms with Gasteiger partial charge in [0.25, 0.3) is 0 Å². The van der Waals surface area contributed by atoms with E-state index in [1.807, 2.05) is 13.0 Å². The van der Waals surface area contributed by atoms with E-state index in [0.29, 0.717) is 12.0 Å². The summed E-state index contributed by atoms with van der Waals surface area (Å²) in [5.41, 5.74) is 3.46. The summed E-state index contributed by atoms with van der Waals surface area (Å²) in [7, 11) is 0. The third-order valence-electron chi connectivity index (χ3n) is 3.82. The molecule has 1 atom stereocenters. The highest BCUT2D eigenvalue weighted by Gasteiger charge is 2.21. The Kier molecular flexibility index (Phi) is 4.55. The minimum atomic E-state index is 0.486. The summed E-state index contributed by atoms with van der Waals surface area (Å²) >= 11 is 0. The van der Waals surface area contributed by atoms with Crippen molar-refractivity contribution in [2.45, 2.75) is 33.2 Å². The van der Waals surface area contributed by atoms with Gasteiger partial charge in [0.05, 0.1) is 0 Å². The first-order valence-electron chi connectivity index (χ1n) is 6.95. The number of aryl methyl sites for hydroxylation is 1. The SMILES string of the molecule is CCC(C)N1CCN(c2cc(C)nc(NN)n2)CC1. The van der Waals surface area contributed by atoms with Gasteiger partial charge in [-0.25, -0.2) is 10.8 Å². The van der Waals surface area contributed by atoms with Gasteiger partial charge in [-0.3, -0.25) is 10.3 Å². The molecule has 0 amide bonds. The zero-order valence-corrected chi connectivity index (χ0v) is 12.1. The van der Waals surface area contributed by atoms with Crippen LogP contribution in [0.5, 0.6) is 0 Å². The molecule has 19 heavy (non-hydrogen) atoms. The number of hydrogen-bond acceptors (Lipinski definition) is 6. The van der Waals surface area contributed by atoms with Crippen molar-refractivity contribution in [3.63, 3.8) is 0 Å². The molecule has 0 bridgehead atoms. The van der Waals surface area contributed by atoms with E-state index in [2.05, 4.69) is 39.0 Å².